The number of unbranched alkanes of at least 4 members (excludes halogenated alkanes) is 8. The molecule has 31 heavy (non-hydrogen) atoms. The van der Waals surface area contributed by atoms with Crippen molar-refractivity contribution in [1.29, 1.82) is 0 Å². The topological polar surface area (TPSA) is 174 Å². The average Bonchev–Trinajstić information content (AvgIpc) is 2.73. The Morgan fingerprint density at radius 3 is 2.03 bits per heavy atom. The monoisotopic (exact) mass is 468 g/mol. The van der Waals surface area contributed by atoms with Crippen LogP contribution in [0.2, 0.25) is 0 Å². The Hall–Kier alpha value is -1.00. The number of carbonyl (C=O) groups excluding carboxylic acids is 2. The molecule has 0 bridgehead atoms. The van der Waals surface area contributed by atoms with Crippen molar-refractivity contribution < 1.29 is 44.0 Å². The molecule has 6 atom stereocenters. The second-order valence-electron chi connectivity index (χ2n) is 7.79. The van der Waals surface area contributed by atoms with Gasteiger partial charge >= 0.3 is 8.25 Å². The predicted octanol–water partition coefficient (Wildman–Crippen LogP) is 1.09. The molecule has 1 amide bonds. The van der Waals surface area contributed by atoms with Crippen LogP contribution in [0.5, 0.6) is 0 Å². The van der Waals surface area contributed by atoms with Crippen LogP contribution in [-0.2, 0) is 18.7 Å². The van der Waals surface area contributed by atoms with Crippen LogP contribution in [0.3, 0.4) is 0 Å². The molecule has 0 aromatic rings. The minimum absolute atomic E-state index is 0.193. The largest absolute Gasteiger partial charge is 0.694 e. The van der Waals surface area contributed by atoms with Gasteiger partial charge in [0.25, 0.3) is 0 Å². The van der Waals surface area contributed by atoms with Crippen LogP contribution >= 0.6 is 8.25 Å². The van der Waals surface area contributed by atoms with E-state index in [9.17, 15) is 34.6 Å². The van der Waals surface area contributed by atoms with Crippen molar-refractivity contribution in [2.75, 3.05) is 6.61 Å². The van der Waals surface area contributed by atoms with E-state index < -0.39 is 51.2 Å². The summed E-state index contributed by atoms with van der Waals surface area (Å²) >= 11 is 0. The molecule has 0 saturated carbocycles. The van der Waals surface area contributed by atoms with Crippen LogP contribution in [-0.4, -0.2) is 74.6 Å². The second-order valence-corrected chi connectivity index (χ2v) is 8.52. The third-order valence-electron chi connectivity index (χ3n) is 5.00. The minimum Gasteiger partial charge on any atom is -0.393 e. The summed E-state index contributed by atoms with van der Waals surface area (Å²) in [6.07, 6.45) is 4.18. The standard InChI is InChI=1S/C20H38NO9P/c1-2-3-4-5-6-7-8-9-10-11-15(23)12-18(25)21-16(13-22)19(26)20(27)17(24)14-30-31(28)29/h13,15-17,19-20,23-24,26-27H,2-12,14H2,1H3,(H-,21,25,28,29)/p+1/t15?,16-,17+,19+,20+/m0/s1. The highest BCUT2D eigenvalue weighted by Gasteiger charge is 2.34. The number of amides is 1. The van der Waals surface area contributed by atoms with E-state index in [-0.39, 0.29) is 12.7 Å². The summed E-state index contributed by atoms with van der Waals surface area (Å²) in [5, 5.41) is 41.6. The van der Waals surface area contributed by atoms with Gasteiger partial charge in [-0.1, -0.05) is 64.7 Å². The zero-order valence-electron chi connectivity index (χ0n) is 18.3. The highest BCUT2D eigenvalue weighted by Crippen LogP contribution is 2.16. The Balaban J connectivity index is 4.14. The lowest BCUT2D eigenvalue weighted by Gasteiger charge is -2.26. The molecule has 6 N–H and O–H groups in total. The predicted molar refractivity (Wildman–Crippen MR) is 114 cm³/mol. The number of hydrogen-bond donors (Lipinski definition) is 6. The van der Waals surface area contributed by atoms with Gasteiger partial charge < -0.3 is 30.5 Å². The Labute approximate surface area is 185 Å². The molecular formula is C20H39NO9P+. The summed E-state index contributed by atoms with van der Waals surface area (Å²) in [7, 11) is -3.00. The molecule has 10 nitrogen and oxygen atoms in total. The number of carbonyl (C=O) groups is 2. The van der Waals surface area contributed by atoms with E-state index in [4.69, 9.17) is 4.89 Å². The first-order chi connectivity index (χ1) is 14.7. The van der Waals surface area contributed by atoms with Crippen LogP contribution in [0.25, 0.3) is 0 Å². The quantitative estimate of drug-likeness (QED) is 0.0868. The zero-order valence-corrected chi connectivity index (χ0v) is 19.2. The van der Waals surface area contributed by atoms with Gasteiger partial charge in [-0.25, -0.2) is 0 Å². The maximum absolute atomic E-state index is 12.0. The molecule has 0 aromatic heterocycles. The van der Waals surface area contributed by atoms with Crippen molar-refractivity contribution in [3.63, 3.8) is 0 Å². The van der Waals surface area contributed by atoms with Crippen molar-refractivity contribution in [1.82, 2.24) is 5.32 Å². The minimum atomic E-state index is -3.00. The Bertz CT molecular complexity index is 509. The number of rotatable bonds is 20. The highest BCUT2D eigenvalue weighted by molar-refractivity contribution is 7.32. The van der Waals surface area contributed by atoms with Gasteiger partial charge in [-0.05, 0) is 6.42 Å². The fourth-order valence-electron chi connectivity index (χ4n) is 3.13. The molecule has 0 rings (SSSR count). The lowest BCUT2D eigenvalue weighted by Crippen LogP contribution is -2.53. The number of nitrogens with one attached hydrogen (secondary N) is 1. The van der Waals surface area contributed by atoms with Crippen LogP contribution in [0, 0.1) is 0 Å². The van der Waals surface area contributed by atoms with E-state index in [0.29, 0.717) is 6.42 Å². The van der Waals surface area contributed by atoms with Gasteiger partial charge in [0.15, 0.2) is 0 Å². The molecule has 0 aliphatic carbocycles. The SMILES string of the molecule is CCCCCCCCCCCC(O)CC(=O)N[C@@H](C=O)[C@@H](O)[C@H](O)[C@H](O)CO[P+](=O)O. The molecule has 0 aliphatic heterocycles. The van der Waals surface area contributed by atoms with Gasteiger partial charge in [0.05, 0.1) is 12.5 Å². The Kier molecular flexibility index (Phi) is 18.0. The average molecular weight is 469 g/mol. The highest BCUT2D eigenvalue weighted by atomic mass is 31.1. The van der Waals surface area contributed by atoms with E-state index in [0.717, 1.165) is 25.7 Å². The molecule has 182 valence electrons. The fourth-order valence-corrected chi connectivity index (χ4v) is 3.41. The van der Waals surface area contributed by atoms with Gasteiger partial charge in [0.1, 0.15) is 37.2 Å². The first kappa shape index (κ1) is 30.0. The normalized spacial score (nSPS) is 16.8. The van der Waals surface area contributed by atoms with Gasteiger partial charge in [-0.3, -0.25) is 4.79 Å². The van der Waals surface area contributed by atoms with E-state index in [1.54, 1.807) is 0 Å². The first-order valence-electron chi connectivity index (χ1n) is 11.0. The first-order valence-corrected chi connectivity index (χ1v) is 12.1. The molecule has 0 aliphatic rings. The molecule has 0 radical (unpaired) electrons. The molecule has 2 unspecified atom stereocenters. The summed E-state index contributed by atoms with van der Waals surface area (Å²) in [5.74, 6) is -0.684. The van der Waals surface area contributed by atoms with Gasteiger partial charge in [0, 0.05) is 4.57 Å². The molecule has 0 saturated heterocycles. The Morgan fingerprint density at radius 1 is 0.968 bits per heavy atom. The maximum Gasteiger partial charge on any atom is 0.694 e. The second kappa shape index (κ2) is 18.6. The van der Waals surface area contributed by atoms with Gasteiger partial charge in [-0.15, -0.1) is 9.42 Å². The van der Waals surface area contributed by atoms with Gasteiger partial charge in [-0.2, -0.15) is 0 Å². The zero-order chi connectivity index (χ0) is 23.6. The van der Waals surface area contributed by atoms with Crippen LogP contribution < -0.4 is 5.32 Å². The molecule has 11 heteroatoms. The molecule has 0 fully saturated rings. The summed E-state index contributed by atoms with van der Waals surface area (Å²) in [6.45, 7) is 1.43. The summed E-state index contributed by atoms with van der Waals surface area (Å²) in [6, 6.07) is -1.53. The third-order valence-corrected chi connectivity index (χ3v) is 5.37. The van der Waals surface area contributed by atoms with E-state index in [1.165, 1.54) is 32.1 Å². The lowest BCUT2D eigenvalue weighted by atomic mass is 10.0. The van der Waals surface area contributed by atoms with E-state index in [1.807, 2.05) is 0 Å². The van der Waals surface area contributed by atoms with Crippen molar-refractivity contribution >= 4 is 20.4 Å². The smallest absolute Gasteiger partial charge is 0.393 e. The van der Waals surface area contributed by atoms with Crippen molar-refractivity contribution in [2.24, 2.45) is 0 Å². The summed E-state index contributed by atoms with van der Waals surface area (Å²) in [4.78, 5) is 31.7. The molecule has 0 spiro atoms. The molecular weight excluding hydrogens is 429 g/mol. The third kappa shape index (κ3) is 15.4. The van der Waals surface area contributed by atoms with Crippen LogP contribution in [0.1, 0.15) is 77.6 Å². The molecule has 0 aromatic carbocycles. The number of aliphatic hydroxyl groups is 4. The van der Waals surface area contributed by atoms with Crippen LogP contribution in [0.4, 0.5) is 0 Å². The number of aliphatic hydroxyl groups excluding tert-OH is 4. The lowest BCUT2D eigenvalue weighted by molar-refractivity contribution is -0.132. The Morgan fingerprint density at radius 2 is 1.52 bits per heavy atom. The van der Waals surface area contributed by atoms with Crippen molar-refractivity contribution in [3.8, 4) is 0 Å². The van der Waals surface area contributed by atoms with E-state index in [2.05, 4.69) is 16.8 Å². The van der Waals surface area contributed by atoms with Crippen molar-refractivity contribution in [3.05, 3.63) is 0 Å². The number of hydrogen-bond acceptors (Lipinski definition) is 8. The molecule has 0 heterocycles. The van der Waals surface area contributed by atoms with Gasteiger partial charge in [0.2, 0.25) is 5.91 Å². The fraction of sp³-hybridized carbons (Fsp3) is 0.900. The number of aldehydes is 1. The maximum atomic E-state index is 12.0. The van der Waals surface area contributed by atoms with Crippen LogP contribution in [0.15, 0.2) is 0 Å². The summed E-state index contributed by atoms with van der Waals surface area (Å²) in [5.41, 5.74) is 0. The summed E-state index contributed by atoms with van der Waals surface area (Å²) < 4.78 is 14.7. The van der Waals surface area contributed by atoms with E-state index >= 15 is 0 Å². The van der Waals surface area contributed by atoms with Crippen molar-refractivity contribution in [2.45, 2.75) is 108 Å².